The van der Waals surface area contributed by atoms with Crippen LogP contribution in [-0.2, 0) is 14.3 Å². The molecule has 17 heavy (non-hydrogen) atoms. The Kier molecular flexibility index (Phi) is 8.59. The third kappa shape index (κ3) is 7.59. The summed E-state index contributed by atoms with van der Waals surface area (Å²) in [6.45, 7) is 5.63. The third-order valence-corrected chi connectivity index (χ3v) is 3.72. The smallest absolute Gasteiger partial charge is 0.321 e. The van der Waals surface area contributed by atoms with Crippen LogP contribution in [-0.4, -0.2) is 54.5 Å². The van der Waals surface area contributed by atoms with Crippen LogP contribution in [0.3, 0.4) is 0 Å². The quantitative estimate of drug-likeness (QED) is 0.573. The fourth-order valence-electron chi connectivity index (χ4n) is 1.16. The van der Waals surface area contributed by atoms with Gasteiger partial charge in [-0.05, 0) is 20.3 Å². The van der Waals surface area contributed by atoms with E-state index in [0.29, 0.717) is 19.8 Å². The molecular formula is C11H23NO4S. The second kappa shape index (κ2) is 8.74. The molecule has 0 heterocycles. The van der Waals surface area contributed by atoms with Gasteiger partial charge in [0, 0.05) is 30.8 Å². The normalized spacial score (nSPS) is 13.6. The van der Waals surface area contributed by atoms with E-state index in [4.69, 9.17) is 20.3 Å². The number of hydrogen-bond donors (Lipinski definition) is 2. The minimum Gasteiger partial charge on any atom is -0.480 e. The summed E-state index contributed by atoms with van der Waals surface area (Å²) in [5.41, 5.74) is 5.60. The summed E-state index contributed by atoms with van der Waals surface area (Å²) in [5, 5.41) is 8.83. The molecule has 0 aromatic rings. The molecule has 1 atom stereocenters. The number of carboxylic acid groups (broad SMARTS) is 1. The van der Waals surface area contributed by atoms with E-state index in [-0.39, 0.29) is 0 Å². The summed E-state index contributed by atoms with van der Waals surface area (Å²) in [6, 6.07) is -0.860. The van der Waals surface area contributed by atoms with Gasteiger partial charge in [0.1, 0.15) is 6.04 Å². The monoisotopic (exact) mass is 265 g/mol. The van der Waals surface area contributed by atoms with Gasteiger partial charge in [0.2, 0.25) is 0 Å². The molecular weight excluding hydrogens is 242 g/mol. The zero-order valence-electron chi connectivity index (χ0n) is 10.8. The van der Waals surface area contributed by atoms with Crippen LogP contribution in [0.15, 0.2) is 0 Å². The minimum atomic E-state index is -0.969. The van der Waals surface area contributed by atoms with Crippen LogP contribution in [0.2, 0.25) is 0 Å². The zero-order valence-corrected chi connectivity index (χ0v) is 11.6. The van der Waals surface area contributed by atoms with Crippen LogP contribution in [0, 0.1) is 0 Å². The molecule has 0 aromatic heterocycles. The summed E-state index contributed by atoms with van der Waals surface area (Å²) in [4.78, 5) is 10.8. The Morgan fingerprint density at radius 2 is 2.06 bits per heavy atom. The molecule has 0 aliphatic heterocycles. The molecule has 102 valence electrons. The average molecular weight is 265 g/mol. The number of nitrogens with two attached hydrogens (primary N) is 1. The molecule has 0 radical (unpaired) electrons. The largest absolute Gasteiger partial charge is 0.480 e. The Balaban J connectivity index is 3.62. The Bertz CT molecular complexity index is 224. The van der Waals surface area contributed by atoms with E-state index >= 15 is 0 Å². The lowest BCUT2D eigenvalue weighted by atomic mass is 10.1. The van der Waals surface area contributed by atoms with Crippen molar-refractivity contribution < 1.29 is 19.4 Å². The van der Waals surface area contributed by atoms with Crippen molar-refractivity contribution in [3.8, 4) is 0 Å². The zero-order chi connectivity index (χ0) is 13.3. The van der Waals surface area contributed by atoms with E-state index in [0.717, 1.165) is 12.2 Å². The number of carboxylic acids is 1. The van der Waals surface area contributed by atoms with Gasteiger partial charge in [-0.2, -0.15) is 11.8 Å². The second-order valence-electron chi connectivity index (χ2n) is 4.23. The summed E-state index contributed by atoms with van der Waals surface area (Å²) in [5.74, 6) is -0.232. The Morgan fingerprint density at radius 1 is 1.41 bits per heavy atom. The van der Waals surface area contributed by atoms with Gasteiger partial charge in [-0.15, -0.1) is 0 Å². The van der Waals surface area contributed by atoms with Crippen LogP contribution >= 0.6 is 11.8 Å². The molecule has 0 fully saturated rings. The van der Waals surface area contributed by atoms with E-state index in [9.17, 15) is 4.79 Å². The number of hydrogen-bond acceptors (Lipinski definition) is 5. The maximum Gasteiger partial charge on any atom is 0.321 e. The van der Waals surface area contributed by atoms with Gasteiger partial charge >= 0.3 is 5.97 Å². The maximum absolute atomic E-state index is 10.8. The molecule has 6 heteroatoms. The highest BCUT2D eigenvalue weighted by Crippen LogP contribution is 2.27. The van der Waals surface area contributed by atoms with Gasteiger partial charge in [-0.3, -0.25) is 4.79 Å². The first-order chi connectivity index (χ1) is 7.91. The Labute approximate surface area is 107 Å². The van der Waals surface area contributed by atoms with Crippen LogP contribution in [0.5, 0.6) is 0 Å². The summed E-state index contributed by atoms with van der Waals surface area (Å²) in [7, 11) is 1.66. The second-order valence-corrected chi connectivity index (χ2v) is 5.98. The van der Waals surface area contributed by atoms with Crippen molar-refractivity contribution >= 4 is 17.7 Å². The Hall–Kier alpha value is -0.300. The topological polar surface area (TPSA) is 81.8 Å². The van der Waals surface area contributed by atoms with Crippen molar-refractivity contribution in [1.29, 1.82) is 0 Å². The molecule has 0 aliphatic rings. The van der Waals surface area contributed by atoms with Crippen molar-refractivity contribution in [2.45, 2.75) is 31.1 Å². The molecule has 0 aromatic carbocycles. The fourth-order valence-corrected chi connectivity index (χ4v) is 2.17. The summed E-state index contributed by atoms with van der Waals surface area (Å²) in [6.07, 6.45) is 0.874. The number of rotatable bonds is 10. The molecule has 0 spiro atoms. The number of methoxy groups -OCH3 is 1. The lowest BCUT2D eigenvalue weighted by Gasteiger charge is -2.27. The predicted octanol–water partition coefficient (Wildman–Crippen LogP) is 0.963. The van der Waals surface area contributed by atoms with Crippen LogP contribution in [0.4, 0.5) is 0 Å². The van der Waals surface area contributed by atoms with E-state index in [1.807, 2.05) is 13.8 Å². The van der Waals surface area contributed by atoms with Crippen LogP contribution in [0.1, 0.15) is 20.3 Å². The first-order valence-electron chi connectivity index (χ1n) is 5.61. The van der Waals surface area contributed by atoms with Crippen LogP contribution < -0.4 is 5.73 Å². The van der Waals surface area contributed by atoms with Crippen molar-refractivity contribution in [3.63, 3.8) is 0 Å². The Morgan fingerprint density at radius 3 is 2.59 bits per heavy atom. The van der Waals surface area contributed by atoms with Crippen molar-refractivity contribution in [2.24, 2.45) is 5.73 Å². The summed E-state index contributed by atoms with van der Waals surface area (Å²) < 4.78 is 9.79. The number of ether oxygens (including phenoxy) is 2. The molecule has 0 bridgehead atoms. The van der Waals surface area contributed by atoms with Gasteiger partial charge in [0.15, 0.2) is 0 Å². The van der Waals surface area contributed by atoms with Crippen LogP contribution in [0.25, 0.3) is 0 Å². The lowest BCUT2D eigenvalue weighted by molar-refractivity contribution is -0.139. The number of thioether (sulfide) groups is 1. The van der Waals surface area contributed by atoms with Crippen molar-refractivity contribution in [2.75, 3.05) is 32.7 Å². The van der Waals surface area contributed by atoms with Gasteiger partial charge in [-0.25, -0.2) is 0 Å². The van der Waals surface area contributed by atoms with Crippen molar-refractivity contribution in [3.05, 3.63) is 0 Å². The van der Waals surface area contributed by atoms with E-state index in [2.05, 4.69) is 0 Å². The van der Waals surface area contributed by atoms with E-state index in [1.54, 1.807) is 7.11 Å². The molecule has 0 saturated carbocycles. The fraction of sp³-hybridized carbons (Fsp3) is 0.909. The van der Waals surface area contributed by atoms with Crippen molar-refractivity contribution in [1.82, 2.24) is 0 Å². The highest BCUT2D eigenvalue weighted by molar-refractivity contribution is 8.00. The summed E-state index contributed by atoms with van der Waals surface area (Å²) >= 11 is 1.52. The first-order valence-corrected chi connectivity index (χ1v) is 6.59. The molecule has 0 unspecified atom stereocenters. The van der Waals surface area contributed by atoms with Gasteiger partial charge in [-0.1, -0.05) is 0 Å². The molecule has 0 saturated heterocycles. The predicted molar refractivity (Wildman–Crippen MR) is 69.5 cm³/mol. The molecule has 0 aliphatic carbocycles. The molecule has 5 nitrogen and oxygen atoms in total. The van der Waals surface area contributed by atoms with Gasteiger partial charge in [0.25, 0.3) is 0 Å². The van der Waals surface area contributed by atoms with Gasteiger partial charge in [0.05, 0.1) is 6.61 Å². The minimum absolute atomic E-state index is 0.484. The van der Waals surface area contributed by atoms with E-state index in [1.165, 1.54) is 11.8 Å². The average Bonchev–Trinajstić information content (AvgIpc) is 2.26. The SMILES string of the molecule is COCCCOCCSC(C)(C)[C@@H](N)C(=O)O. The highest BCUT2D eigenvalue weighted by atomic mass is 32.2. The van der Waals surface area contributed by atoms with E-state index < -0.39 is 16.8 Å². The van der Waals surface area contributed by atoms with Gasteiger partial charge < -0.3 is 20.3 Å². The molecule has 0 rings (SSSR count). The lowest BCUT2D eigenvalue weighted by Crippen LogP contribution is -2.47. The standard InChI is InChI=1S/C11H23NO4S/c1-11(2,9(12)10(13)14)17-8-7-16-6-4-5-15-3/h9H,4-8,12H2,1-3H3,(H,13,14)/t9-/m0/s1. The number of carbonyl (C=O) groups is 1. The highest BCUT2D eigenvalue weighted by Gasteiger charge is 2.32. The molecule has 0 amide bonds. The third-order valence-electron chi connectivity index (χ3n) is 2.35. The maximum atomic E-state index is 10.8. The number of aliphatic carboxylic acids is 1. The molecule has 3 N–H and O–H groups in total. The first kappa shape index (κ1) is 16.7.